The lowest BCUT2D eigenvalue weighted by Crippen LogP contribution is -2.15. The zero-order chi connectivity index (χ0) is 12.8. The minimum atomic E-state index is 1.13. The molecule has 0 bridgehead atoms. The Morgan fingerprint density at radius 3 is 2.59 bits per heavy atom. The van der Waals surface area contributed by atoms with Gasteiger partial charge in [0.05, 0.1) is 0 Å². The van der Waals surface area contributed by atoms with Crippen molar-refractivity contribution in [3.8, 4) is 0 Å². The molecule has 0 heterocycles. The first-order valence-electron chi connectivity index (χ1n) is 7.28. The van der Waals surface area contributed by atoms with E-state index < -0.39 is 0 Å². The van der Waals surface area contributed by atoms with Crippen molar-refractivity contribution in [3.63, 3.8) is 0 Å². The van der Waals surface area contributed by atoms with E-state index in [-0.39, 0.29) is 0 Å². The van der Waals surface area contributed by atoms with Crippen LogP contribution in [0.5, 0.6) is 0 Å². The molecule has 0 radical (unpaired) electrons. The van der Waals surface area contributed by atoms with E-state index in [1.807, 2.05) is 0 Å². The standard InChI is InChI=1S/C16H31N/c1-4-6-8-9-10-12-16(3)13-11-15-17-14-7-5-2/h4,6,13,17H,5,7-12,14-15H2,1-3H3. The quantitative estimate of drug-likeness (QED) is 0.400. The molecule has 100 valence electrons. The van der Waals surface area contributed by atoms with Crippen molar-refractivity contribution in [2.24, 2.45) is 0 Å². The van der Waals surface area contributed by atoms with E-state index in [2.05, 4.69) is 44.3 Å². The minimum Gasteiger partial charge on any atom is -0.316 e. The lowest BCUT2D eigenvalue weighted by molar-refractivity contribution is 0.643. The summed E-state index contributed by atoms with van der Waals surface area (Å²) in [6.07, 6.45) is 15.7. The average molecular weight is 237 g/mol. The monoisotopic (exact) mass is 237 g/mol. The van der Waals surface area contributed by atoms with Gasteiger partial charge < -0.3 is 5.32 Å². The fraction of sp³-hybridized carbons (Fsp3) is 0.750. The van der Waals surface area contributed by atoms with E-state index in [0.717, 1.165) is 6.54 Å². The predicted octanol–water partition coefficient (Wildman–Crippen LogP) is 4.85. The van der Waals surface area contributed by atoms with Crippen molar-refractivity contribution in [3.05, 3.63) is 23.8 Å². The molecule has 17 heavy (non-hydrogen) atoms. The highest BCUT2D eigenvalue weighted by Crippen LogP contribution is 2.09. The summed E-state index contributed by atoms with van der Waals surface area (Å²) in [5.41, 5.74) is 1.56. The lowest BCUT2D eigenvalue weighted by Gasteiger charge is -2.03. The second-order valence-corrected chi connectivity index (χ2v) is 4.76. The molecular weight excluding hydrogens is 206 g/mol. The molecule has 0 aromatic carbocycles. The second kappa shape index (κ2) is 13.5. The highest BCUT2D eigenvalue weighted by Gasteiger charge is 1.91. The zero-order valence-electron chi connectivity index (χ0n) is 12.1. The van der Waals surface area contributed by atoms with E-state index in [1.54, 1.807) is 5.57 Å². The van der Waals surface area contributed by atoms with E-state index in [4.69, 9.17) is 0 Å². The summed E-state index contributed by atoms with van der Waals surface area (Å²) in [7, 11) is 0. The minimum absolute atomic E-state index is 1.13. The Morgan fingerprint density at radius 2 is 1.88 bits per heavy atom. The highest BCUT2D eigenvalue weighted by molar-refractivity contribution is 4.98. The number of unbranched alkanes of at least 4 members (excludes halogenated alkanes) is 3. The van der Waals surface area contributed by atoms with Gasteiger partial charge in [-0.05, 0) is 65.5 Å². The van der Waals surface area contributed by atoms with Crippen LogP contribution < -0.4 is 5.32 Å². The Labute approximate surface area is 108 Å². The summed E-state index contributed by atoms with van der Waals surface area (Å²) in [5.74, 6) is 0. The molecule has 0 aliphatic rings. The molecule has 0 saturated carbocycles. The van der Waals surface area contributed by atoms with Crippen molar-refractivity contribution < 1.29 is 0 Å². The van der Waals surface area contributed by atoms with Crippen molar-refractivity contribution >= 4 is 0 Å². The van der Waals surface area contributed by atoms with Gasteiger partial charge in [0.25, 0.3) is 0 Å². The molecule has 0 aliphatic carbocycles. The normalized spacial score (nSPS) is 12.5. The summed E-state index contributed by atoms with van der Waals surface area (Å²) >= 11 is 0. The fourth-order valence-corrected chi connectivity index (χ4v) is 1.78. The first-order chi connectivity index (χ1) is 8.31. The van der Waals surface area contributed by atoms with Crippen LogP contribution in [0.3, 0.4) is 0 Å². The number of nitrogens with one attached hydrogen (secondary N) is 1. The van der Waals surface area contributed by atoms with Crippen LogP contribution in [-0.2, 0) is 0 Å². The maximum Gasteiger partial charge on any atom is -0.00142 e. The number of allylic oxidation sites excluding steroid dienone is 3. The Kier molecular flexibility index (Phi) is 13.1. The van der Waals surface area contributed by atoms with Gasteiger partial charge >= 0.3 is 0 Å². The maximum atomic E-state index is 3.47. The van der Waals surface area contributed by atoms with Gasteiger partial charge in [-0.15, -0.1) is 0 Å². The third-order valence-corrected chi connectivity index (χ3v) is 2.95. The van der Waals surface area contributed by atoms with Gasteiger partial charge in [-0.2, -0.15) is 0 Å². The number of hydrogen-bond acceptors (Lipinski definition) is 1. The van der Waals surface area contributed by atoms with Gasteiger partial charge in [0.1, 0.15) is 0 Å². The van der Waals surface area contributed by atoms with Crippen LogP contribution in [0.2, 0.25) is 0 Å². The molecule has 0 spiro atoms. The van der Waals surface area contributed by atoms with Crippen molar-refractivity contribution in [1.29, 1.82) is 0 Å². The highest BCUT2D eigenvalue weighted by atomic mass is 14.8. The van der Waals surface area contributed by atoms with Gasteiger partial charge in [-0.1, -0.05) is 37.1 Å². The zero-order valence-corrected chi connectivity index (χ0v) is 12.1. The van der Waals surface area contributed by atoms with E-state index in [1.165, 1.54) is 51.5 Å². The molecule has 1 nitrogen and oxygen atoms in total. The van der Waals surface area contributed by atoms with Crippen molar-refractivity contribution in [1.82, 2.24) is 5.32 Å². The third-order valence-electron chi connectivity index (χ3n) is 2.95. The molecule has 0 saturated heterocycles. The number of rotatable bonds is 11. The molecule has 0 fully saturated rings. The van der Waals surface area contributed by atoms with Crippen LogP contribution in [0.1, 0.15) is 65.7 Å². The lowest BCUT2D eigenvalue weighted by atomic mass is 10.1. The molecule has 0 rings (SSSR count). The van der Waals surface area contributed by atoms with Crippen LogP contribution in [0, 0.1) is 0 Å². The van der Waals surface area contributed by atoms with Gasteiger partial charge in [-0.25, -0.2) is 0 Å². The predicted molar refractivity (Wildman–Crippen MR) is 79.4 cm³/mol. The smallest absolute Gasteiger partial charge is 0.00142 e. The first kappa shape index (κ1) is 16.4. The molecule has 0 amide bonds. The Balaban J connectivity index is 3.32. The summed E-state index contributed by atoms with van der Waals surface area (Å²) < 4.78 is 0. The van der Waals surface area contributed by atoms with E-state index in [9.17, 15) is 0 Å². The SMILES string of the molecule is CC=CCCCCC(C)=CCCNCCCC. The van der Waals surface area contributed by atoms with Gasteiger partial charge in [0.15, 0.2) is 0 Å². The fourth-order valence-electron chi connectivity index (χ4n) is 1.78. The van der Waals surface area contributed by atoms with Crippen LogP contribution in [0.4, 0.5) is 0 Å². The molecule has 1 N–H and O–H groups in total. The summed E-state index contributed by atoms with van der Waals surface area (Å²) in [5, 5.41) is 3.47. The van der Waals surface area contributed by atoms with Crippen LogP contribution >= 0.6 is 0 Å². The molecule has 0 unspecified atom stereocenters. The molecule has 0 aromatic rings. The largest absolute Gasteiger partial charge is 0.316 e. The summed E-state index contributed by atoms with van der Waals surface area (Å²) in [4.78, 5) is 0. The number of hydrogen-bond donors (Lipinski definition) is 1. The molecule has 0 atom stereocenters. The van der Waals surface area contributed by atoms with Crippen molar-refractivity contribution in [2.45, 2.75) is 65.7 Å². The van der Waals surface area contributed by atoms with Gasteiger partial charge in [0, 0.05) is 0 Å². The van der Waals surface area contributed by atoms with Crippen LogP contribution in [-0.4, -0.2) is 13.1 Å². The molecule has 0 aromatic heterocycles. The van der Waals surface area contributed by atoms with Crippen LogP contribution in [0.25, 0.3) is 0 Å². The van der Waals surface area contributed by atoms with E-state index >= 15 is 0 Å². The molecule has 0 aliphatic heterocycles. The van der Waals surface area contributed by atoms with Crippen LogP contribution in [0.15, 0.2) is 23.8 Å². The second-order valence-electron chi connectivity index (χ2n) is 4.76. The Morgan fingerprint density at radius 1 is 1.06 bits per heavy atom. The first-order valence-corrected chi connectivity index (χ1v) is 7.28. The Hall–Kier alpha value is -0.560. The summed E-state index contributed by atoms with van der Waals surface area (Å²) in [6.45, 7) is 8.90. The third kappa shape index (κ3) is 13.4. The van der Waals surface area contributed by atoms with Gasteiger partial charge in [-0.3, -0.25) is 0 Å². The Bertz CT molecular complexity index is 204. The summed E-state index contributed by atoms with van der Waals surface area (Å²) in [6, 6.07) is 0. The molecule has 1 heteroatoms. The molecular formula is C16H31N. The van der Waals surface area contributed by atoms with E-state index in [0.29, 0.717) is 0 Å². The van der Waals surface area contributed by atoms with Gasteiger partial charge in [0.2, 0.25) is 0 Å². The van der Waals surface area contributed by atoms with Crippen molar-refractivity contribution in [2.75, 3.05) is 13.1 Å². The average Bonchev–Trinajstić information content (AvgIpc) is 2.33. The maximum absolute atomic E-state index is 3.47. The topological polar surface area (TPSA) is 12.0 Å².